The zero-order valence-corrected chi connectivity index (χ0v) is 16.0. The summed E-state index contributed by atoms with van der Waals surface area (Å²) in [4.78, 5) is 12.2. The molecule has 0 saturated carbocycles. The van der Waals surface area contributed by atoms with Crippen molar-refractivity contribution in [1.82, 2.24) is 0 Å². The minimum absolute atomic E-state index is 0.241. The number of rotatable bonds is 2. The summed E-state index contributed by atoms with van der Waals surface area (Å²) in [6, 6.07) is 8.60. The molecule has 0 unspecified atom stereocenters. The van der Waals surface area contributed by atoms with Gasteiger partial charge in [-0.25, -0.2) is 0 Å². The summed E-state index contributed by atoms with van der Waals surface area (Å²) in [5, 5.41) is 3.37. The summed E-state index contributed by atoms with van der Waals surface area (Å²) in [5.41, 5.74) is 7.43. The number of hydrogen-bond acceptors (Lipinski definition) is 2. The number of nitrogens with one attached hydrogen (secondary N) is 1. The van der Waals surface area contributed by atoms with Crippen molar-refractivity contribution >= 4 is 83.3 Å². The molecule has 0 aromatic heterocycles. The van der Waals surface area contributed by atoms with Gasteiger partial charge in [-0.05, 0) is 84.8 Å². The van der Waals surface area contributed by atoms with Gasteiger partial charge >= 0.3 is 0 Å². The molecule has 0 bridgehead atoms. The molecular formula is C13H8Br2ClIN2O. The van der Waals surface area contributed by atoms with Gasteiger partial charge in [-0.15, -0.1) is 0 Å². The fraction of sp³-hybridized carbons (Fsp3) is 0. The summed E-state index contributed by atoms with van der Waals surface area (Å²) in [7, 11) is 0. The van der Waals surface area contributed by atoms with E-state index in [2.05, 4.69) is 59.8 Å². The average molecular weight is 530 g/mol. The number of halogens is 4. The van der Waals surface area contributed by atoms with Crippen molar-refractivity contribution in [2.75, 3.05) is 11.1 Å². The van der Waals surface area contributed by atoms with Crippen LogP contribution < -0.4 is 11.1 Å². The monoisotopic (exact) mass is 528 g/mol. The highest BCUT2D eigenvalue weighted by Gasteiger charge is 2.13. The summed E-state index contributed by atoms with van der Waals surface area (Å²) in [6.45, 7) is 0. The Bertz CT molecular complexity index is 671. The van der Waals surface area contributed by atoms with Crippen LogP contribution in [0, 0.1) is 3.57 Å². The minimum atomic E-state index is -0.241. The van der Waals surface area contributed by atoms with Crippen molar-refractivity contribution in [3.8, 4) is 0 Å². The van der Waals surface area contributed by atoms with Crippen LogP contribution in [0.5, 0.6) is 0 Å². The SMILES string of the molecule is Nc1cc(Br)c(NC(=O)c2ccc(I)c(Cl)c2)c(Br)c1. The first-order chi connectivity index (χ1) is 9.38. The Balaban J connectivity index is 2.30. The molecule has 0 heterocycles. The highest BCUT2D eigenvalue weighted by molar-refractivity contribution is 14.1. The smallest absolute Gasteiger partial charge is 0.255 e. The van der Waals surface area contributed by atoms with Crippen LogP contribution >= 0.6 is 66.1 Å². The molecule has 0 radical (unpaired) electrons. The molecule has 2 aromatic carbocycles. The lowest BCUT2D eigenvalue weighted by atomic mass is 10.2. The summed E-state index contributed by atoms with van der Waals surface area (Å²) in [5.74, 6) is -0.241. The van der Waals surface area contributed by atoms with Crippen LogP contribution in [0.4, 0.5) is 11.4 Å². The number of amides is 1. The van der Waals surface area contributed by atoms with Crippen LogP contribution in [0.15, 0.2) is 39.3 Å². The predicted molar refractivity (Wildman–Crippen MR) is 98.4 cm³/mol. The van der Waals surface area contributed by atoms with Crippen molar-refractivity contribution in [3.05, 3.63) is 53.4 Å². The fourth-order valence-corrected chi connectivity index (χ4v) is 3.47. The maximum absolute atomic E-state index is 12.2. The van der Waals surface area contributed by atoms with Crippen LogP contribution in [0.25, 0.3) is 0 Å². The Morgan fingerprint density at radius 2 is 1.80 bits per heavy atom. The van der Waals surface area contributed by atoms with Crippen molar-refractivity contribution < 1.29 is 4.79 Å². The van der Waals surface area contributed by atoms with Gasteiger partial charge in [-0.3, -0.25) is 4.79 Å². The summed E-state index contributed by atoms with van der Waals surface area (Å²) < 4.78 is 2.30. The summed E-state index contributed by atoms with van der Waals surface area (Å²) in [6.07, 6.45) is 0. The molecule has 104 valence electrons. The number of carbonyl (C=O) groups excluding carboxylic acids is 1. The maximum atomic E-state index is 12.2. The number of carbonyl (C=O) groups is 1. The molecule has 0 atom stereocenters. The van der Waals surface area contributed by atoms with Crippen molar-refractivity contribution in [2.45, 2.75) is 0 Å². The Morgan fingerprint density at radius 1 is 1.20 bits per heavy atom. The third-order valence-corrected chi connectivity index (χ3v) is 5.31. The van der Waals surface area contributed by atoms with Crippen molar-refractivity contribution in [1.29, 1.82) is 0 Å². The van der Waals surface area contributed by atoms with Gasteiger partial charge in [0.2, 0.25) is 0 Å². The molecule has 2 rings (SSSR count). The topological polar surface area (TPSA) is 55.1 Å². The van der Waals surface area contributed by atoms with Gasteiger partial charge < -0.3 is 11.1 Å². The van der Waals surface area contributed by atoms with E-state index in [1.807, 2.05) is 0 Å². The third kappa shape index (κ3) is 3.66. The lowest BCUT2D eigenvalue weighted by molar-refractivity contribution is 0.102. The standard InChI is InChI=1S/C13H8Br2ClIN2O/c14-8-4-7(18)5-9(15)12(8)19-13(20)6-1-2-11(17)10(16)3-6/h1-5H,18H2,(H,19,20). The fourth-order valence-electron chi connectivity index (χ4n) is 1.54. The van der Waals surface area contributed by atoms with Gasteiger partial charge in [0.25, 0.3) is 5.91 Å². The zero-order valence-electron chi connectivity index (χ0n) is 9.88. The van der Waals surface area contributed by atoms with Gasteiger partial charge in [0, 0.05) is 23.8 Å². The Kier molecular flexibility index (Phi) is 5.33. The highest BCUT2D eigenvalue weighted by Crippen LogP contribution is 2.33. The molecule has 0 aliphatic rings. The Morgan fingerprint density at radius 3 is 2.35 bits per heavy atom. The second kappa shape index (κ2) is 6.64. The molecule has 0 fully saturated rings. The highest BCUT2D eigenvalue weighted by atomic mass is 127. The van der Waals surface area contributed by atoms with Gasteiger partial charge in [0.15, 0.2) is 0 Å². The van der Waals surface area contributed by atoms with E-state index in [1.165, 1.54) is 0 Å². The van der Waals surface area contributed by atoms with Crippen LogP contribution in [0.3, 0.4) is 0 Å². The largest absolute Gasteiger partial charge is 0.399 e. The van der Waals surface area contributed by atoms with E-state index in [0.717, 1.165) is 3.57 Å². The van der Waals surface area contributed by atoms with Gasteiger partial charge in [-0.2, -0.15) is 0 Å². The van der Waals surface area contributed by atoms with Crippen molar-refractivity contribution in [2.24, 2.45) is 0 Å². The van der Waals surface area contributed by atoms with Gasteiger partial charge in [0.1, 0.15) is 0 Å². The first-order valence-electron chi connectivity index (χ1n) is 5.39. The molecule has 1 amide bonds. The van der Waals surface area contributed by atoms with E-state index in [9.17, 15) is 4.79 Å². The van der Waals surface area contributed by atoms with Crippen LogP contribution in [0.2, 0.25) is 5.02 Å². The second-order valence-electron chi connectivity index (χ2n) is 3.94. The van der Waals surface area contributed by atoms with E-state index in [0.29, 0.717) is 30.9 Å². The first-order valence-corrected chi connectivity index (χ1v) is 8.43. The molecule has 0 aliphatic carbocycles. The van der Waals surface area contributed by atoms with E-state index >= 15 is 0 Å². The Labute approximate surface area is 151 Å². The van der Waals surface area contributed by atoms with Gasteiger partial charge in [0.05, 0.1) is 10.7 Å². The van der Waals surface area contributed by atoms with E-state index < -0.39 is 0 Å². The number of benzene rings is 2. The number of nitrogens with two attached hydrogens (primary N) is 1. The molecule has 3 N–H and O–H groups in total. The molecule has 2 aromatic rings. The molecular weight excluding hydrogens is 522 g/mol. The van der Waals surface area contributed by atoms with Crippen molar-refractivity contribution in [3.63, 3.8) is 0 Å². The first kappa shape index (κ1) is 16.1. The minimum Gasteiger partial charge on any atom is -0.399 e. The average Bonchev–Trinajstić information content (AvgIpc) is 2.36. The molecule has 3 nitrogen and oxygen atoms in total. The van der Waals surface area contributed by atoms with Crippen LogP contribution in [-0.4, -0.2) is 5.91 Å². The number of nitrogen functional groups attached to an aromatic ring is 1. The van der Waals surface area contributed by atoms with Crippen LogP contribution in [0.1, 0.15) is 10.4 Å². The molecule has 0 spiro atoms. The molecule has 0 aliphatic heterocycles. The second-order valence-corrected chi connectivity index (χ2v) is 7.22. The lowest BCUT2D eigenvalue weighted by Crippen LogP contribution is -2.13. The normalized spacial score (nSPS) is 10.4. The molecule has 7 heteroatoms. The summed E-state index contributed by atoms with van der Waals surface area (Å²) >= 11 is 14.9. The quantitative estimate of drug-likeness (QED) is 0.409. The zero-order chi connectivity index (χ0) is 14.9. The number of hydrogen-bond donors (Lipinski definition) is 2. The molecule has 0 saturated heterocycles. The van der Waals surface area contributed by atoms with E-state index in [1.54, 1.807) is 30.3 Å². The molecule has 20 heavy (non-hydrogen) atoms. The number of anilines is 2. The maximum Gasteiger partial charge on any atom is 0.255 e. The van der Waals surface area contributed by atoms with Crippen LogP contribution in [-0.2, 0) is 0 Å². The third-order valence-electron chi connectivity index (χ3n) is 2.48. The lowest BCUT2D eigenvalue weighted by Gasteiger charge is -2.11. The van der Waals surface area contributed by atoms with Gasteiger partial charge in [-0.1, -0.05) is 11.6 Å². The van der Waals surface area contributed by atoms with E-state index in [4.69, 9.17) is 17.3 Å². The van der Waals surface area contributed by atoms with E-state index in [-0.39, 0.29) is 5.91 Å². The predicted octanol–water partition coefficient (Wildman–Crippen LogP) is 5.30. The Hall–Kier alpha value is -0.310.